The molecule has 0 saturated carbocycles. The van der Waals surface area contributed by atoms with Crippen LogP contribution in [0.3, 0.4) is 0 Å². The summed E-state index contributed by atoms with van der Waals surface area (Å²) in [6.07, 6.45) is 2.45. The third kappa shape index (κ3) is 2.96. The number of nitrogens with zero attached hydrogens (tertiary/aromatic N) is 2. The molecule has 20 heavy (non-hydrogen) atoms. The summed E-state index contributed by atoms with van der Waals surface area (Å²) in [5, 5.41) is 3.44. The molecule has 0 aliphatic carbocycles. The molecule has 0 bridgehead atoms. The van der Waals surface area contributed by atoms with Crippen LogP contribution in [0.15, 0.2) is 18.2 Å². The number of piperazine rings is 1. The van der Waals surface area contributed by atoms with Crippen LogP contribution in [0, 0.1) is 5.82 Å². The van der Waals surface area contributed by atoms with Gasteiger partial charge in [-0.15, -0.1) is 0 Å². The predicted octanol–water partition coefficient (Wildman–Crippen LogP) is 2.22. The first-order chi connectivity index (χ1) is 9.74. The molecule has 2 aliphatic heterocycles. The van der Waals surface area contributed by atoms with E-state index < -0.39 is 0 Å². The second-order valence-electron chi connectivity index (χ2n) is 6.02. The molecule has 2 fully saturated rings. The predicted molar refractivity (Wildman–Crippen MR) is 80.6 cm³/mol. The Morgan fingerprint density at radius 2 is 2.05 bits per heavy atom. The monoisotopic (exact) mass is 277 g/mol. The number of anilines is 1. The van der Waals surface area contributed by atoms with Crippen molar-refractivity contribution >= 4 is 5.69 Å². The summed E-state index contributed by atoms with van der Waals surface area (Å²) in [5.41, 5.74) is 1.98. The van der Waals surface area contributed by atoms with Gasteiger partial charge in [-0.1, -0.05) is 6.07 Å². The second-order valence-corrected chi connectivity index (χ2v) is 6.02. The molecule has 1 aromatic rings. The standard InChI is InChI=1S/C16H24FN3/c1-13-11-19(10-7-18-13)12-14-15(17)5-4-6-16(14)20-8-2-3-9-20/h4-6,13,18H,2-3,7-12H2,1H3/t13-/m1/s1. The Balaban J connectivity index is 1.80. The van der Waals surface area contributed by atoms with E-state index in [-0.39, 0.29) is 5.82 Å². The highest BCUT2D eigenvalue weighted by molar-refractivity contribution is 5.54. The maximum absolute atomic E-state index is 14.3. The number of hydrogen-bond acceptors (Lipinski definition) is 3. The van der Waals surface area contributed by atoms with Crippen LogP contribution < -0.4 is 10.2 Å². The lowest BCUT2D eigenvalue weighted by atomic mass is 10.1. The Morgan fingerprint density at radius 3 is 2.80 bits per heavy atom. The Labute approximate surface area is 120 Å². The number of halogens is 1. The largest absolute Gasteiger partial charge is 0.371 e. The van der Waals surface area contributed by atoms with Crippen LogP contribution in [0.1, 0.15) is 25.3 Å². The highest BCUT2D eigenvalue weighted by atomic mass is 19.1. The summed E-state index contributed by atoms with van der Waals surface area (Å²) in [7, 11) is 0. The van der Waals surface area contributed by atoms with E-state index in [1.165, 1.54) is 12.8 Å². The Morgan fingerprint density at radius 1 is 1.25 bits per heavy atom. The van der Waals surface area contributed by atoms with Crippen molar-refractivity contribution in [3.63, 3.8) is 0 Å². The first-order valence-corrected chi connectivity index (χ1v) is 7.72. The van der Waals surface area contributed by atoms with Crippen molar-refractivity contribution in [2.24, 2.45) is 0 Å². The third-order valence-corrected chi connectivity index (χ3v) is 4.38. The quantitative estimate of drug-likeness (QED) is 0.914. The summed E-state index contributed by atoms with van der Waals surface area (Å²) in [6.45, 7) is 8.03. The third-order valence-electron chi connectivity index (χ3n) is 4.38. The van der Waals surface area contributed by atoms with Crippen molar-refractivity contribution < 1.29 is 4.39 Å². The number of nitrogens with one attached hydrogen (secondary N) is 1. The summed E-state index contributed by atoms with van der Waals surface area (Å²) in [5.74, 6) is -0.0550. The molecule has 4 heteroatoms. The van der Waals surface area contributed by atoms with Gasteiger partial charge in [-0.25, -0.2) is 4.39 Å². The second kappa shape index (κ2) is 6.10. The highest BCUT2D eigenvalue weighted by Gasteiger charge is 2.22. The summed E-state index contributed by atoms with van der Waals surface area (Å²) < 4.78 is 14.3. The van der Waals surface area contributed by atoms with Gasteiger partial charge < -0.3 is 10.2 Å². The molecular weight excluding hydrogens is 253 g/mol. The van der Waals surface area contributed by atoms with E-state index in [2.05, 4.69) is 28.1 Å². The Bertz CT molecular complexity index is 457. The zero-order valence-electron chi connectivity index (χ0n) is 12.2. The van der Waals surface area contributed by atoms with E-state index in [1.54, 1.807) is 6.07 Å². The lowest BCUT2D eigenvalue weighted by molar-refractivity contribution is 0.197. The number of hydrogen-bond donors (Lipinski definition) is 1. The molecule has 0 unspecified atom stereocenters. The van der Waals surface area contributed by atoms with Crippen molar-refractivity contribution in [3.05, 3.63) is 29.6 Å². The molecule has 1 atom stereocenters. The lowest BCUT2D eigenvalue weighted by Gasteiger charge is -2.33. The van der Waals surface area contributed by atoms with Gasteiger partial charge in [0.25, 0.3) is 0 Å². The minimum atomic E-state index is -0.0550. The average Bonchev–Trinajstić information content (AvgIpc) is 2.95. The number of benzene rings is 1. The molecule has 0 radical (unpaired) electrons. The van der Waals surface area contributed by atoms with Crippen LogP contribution in [-0.2, 0) is 6.54 Å². The van der Waals surface area contributed by atoms with Crippen molar-refractivity contribution in [3.8, 4) is 0 Å². The van der Waals surface area contributed by atoms with E-state index >= 15 is 0 Å². The van der Waals surface area contributed by atoms with Crippen molar-refractivity contribution in [1.29, 1.82) is 0 Å². The fourth-order valence-corrected chi connectivity index (χ4v) is 3.34. The minimum absolute atomic E-state index is 0.0550. The number of rotatable bonds is 3. The SMILES string of the molecule is C[C@@H]1CN(Cc2c(F)cccc2N2CCCC2)CCN1. The van der Waals surface area contributed by atoms with Crippen molar-refractivity contribution in [2.75, 3.05) is 37.6 Å². The van der Waals surface area contributed by atoms with Gasteiger partial charge in [-0.2, -0.15) is 0 Å². The van der Waals surface area contributed by atoms with Crippen LogP contribution in [0.2, 0.25) is 0 Å². The van der Waals surface area contributed by atoms with Crippen molar-refractivity contribution in [2.45, 2.75) is 32.4 Å². The Hall–Kier alpha value is -1.13. The fourth-order valence-electron chi connectivity index (χ4n) is 3.34. The molecule has 1 N–H and O–H groups in total. The average molecular weight is 277 g/mol. The van der Waals surface area contributed by atoms with Gasteiger partial charge in [0.1, 0.15) is 5.82 Å². The molecule has 0 amide bonds. The first-order valence-electron chi connectivity index (χ1n) is 7.72. The van der Waals surface area contributed by atoms with Crippen molar-refractivity contribution in [1.82, 2.24) is 10.2 Å². The van der Waals surface area contributed by atoms with Crippen LogP contribution in [0.25, 0.3) is 0 Å². The van der Waals surface area contributed by atoms with E-state index in [9.17, 15) is 4.39 Å². The molecule has 110 valence electrons. The van der Waals surface area contributed by atoms with Gasteiger partial charge in [0.2, 0.25) is 0 Å². The van der Waals surface area contributed by atoms with E-state index in [0.717, 1.165) is 50.5 Å². The van der Waals surface area contributed by atoms with Gasteiger partial charge in [0.15, 0.2) is 0 Å². The summed E-state index contributed by atoms with van der Waals surface area (Å²) in [6, 6.07) is 6.01. The molecular formula is C16H24FN3. The van der Waals surface area contributed by atoms with Crippen LogP contribution in [-0.4, -0.2) is 43.7 Å². The molecule has 2 aliphatic rings. The summed E-state index contributed by atoms with van der Waals surface area (Å²) >= 11 is 0. The Kier molecular flexibility index (Phi) is 4.22. The maximum Gasteiger partial charge on any atom is 0.129 e. The van der Waals surface area contributed by atoms with Gasteiger partial charge in [-0.3, -0.25) is 4.90 Å². The molecule has 3 rings (SSSR count). The molecule has 3 nitrogen and oxygen atoms in total. The smallest absolute Gasteiger partial charge is 0.129 e. The zero-order chi connectivity index (χ0) is 13.9. The fraction of sp³-hybridized carbons (Fsp3) is 0.625. The molecule has 2 heterocycles. The van der Waals surface area contributed by atoms with Gasteiger partial charge in [0.05, 0.1) is 0 Å². The van der Waals surface area contributed by atoms with E-state index in [4.69, 9.17) is 0 Å². The van der Waals surface area contributed by atoms with Crippen LogP contribution in [0.4, 0.5) is 10.1 Å². The van der Waals surface area contributed by atoms with E-state index in [1.807, 2.05) is 6.07 Å². The minimum Gasteiger partial charge on any atom is -0.371 e. The summed E-state index contributed by atoms with van der Waals surface area (Å²) in [4.78, 5) is 4.70. The first kappa shape index (κ1) is 13.8. The molecule has 1 aromatic carbocycles. The van der Waals surface area contributed by atoms with Gasteiger partial charge >= 0.3 is 0 Å². The highest BCUT2D eigenvalue weighted by Crippen LogP contribution is 2.28. The van der Waals surface area contributed by atoms with Crippen LogP contribution >= 0.6 is 0 Å². The van der Waals surface area contributed by atoms with Gasteiger partial charge in [-0.05, 0) is 31.9 Å². The molecule has 2 saturated heterocycles. The van der Waals surface area contributed by atoms with Gasteiger partial charge in [0, 0.05) is 56.6 Å². The molecule has 0 aromatic heterocycles. The normalized spacial score (nSPS) is 24.3. The topological polar surface area (TPSA) is 18.5 Å². The molecule has 0 spiro atoms. The van der Waals surface area contributed by atoms with E-state index in [0.29, 0.717) is 6.04 Å². The lowest BCUT2D eigenvalue weighted by Crippen LogP contribution is -2.48. The maximum atomic E-state index is 14.3. The van der Waals surface area contributed by atoms with Crippen LogP contribution in [0.5, 0.6) is 0 Å². The zero-order valence-corrected chi connectivity index (χ0v) is 12.2.